The van der Waals surface area contributed by atoms with Crippen LogP contribution in [-0.4, -0.2) is 15.2 Å². The van der Waals surface area contributed by atoms with Gasteiger partial charge in [0.2, 0.25) is 15.2 Å². The van der Waals surface area contributed by atoms with Gasteiger partial charge in [0.05, 0.1) is 0 Å². The fraction of sp³-hybridized carbons (Fsp3) is 0.231. The molecule has 67 valence electrons. The van der Waals surface area contributed by atoms with Crippen LogP contribution in [0.1, 0.15) is 11.1 Å². The third-order valence-electron chi connectivity index (χ3n) is 3.24. The summed E-state index contributed by atoms with van der Waals surface area (Å²) in [4.78, 5) is 0. The van der Waals surface area contributed by atoms with Gasteiger partial charge in [-0.05, 0) is 34.7 Å². The van der Waals surface area contributed by atoms with Crippen LogP contribution in [0.5, 0.6) is 0 Å². The highest BCUT2D eigenvalue weighted by molar-refractivity contribution is 6.56. The largest absolute Gasteiger partial charge is 0.248 e. The minimum atomic E-state index is 0.438. The maximum absolute atomic E-state index is 2.44. The lowest BCUT2D eigenvalue weighted by Crippen LogP contribution is -2.19. The minimum absolute atomic E-state index is 0.438. The zero-order valence-corrected chi connectivity index (χ0v) is 9.53. The summed E-state index contributed by atoms with van der Waals surface area (Å²) in [6.07, 6.45) is 2.59. The van der Waals surface area contributed by atoms with E-state index >= 15 is 0 Å². The average Bonchev–Trinajstić information content (AvgIpc) is 2.18. The van der Waals surface area contributed by atoms with E-state index < -0.39 is 0 Å². The molecule has 0 atom stereocenters. The SMILES string of the molecule is [CH3][Al][c]1cc2c(c3ccccc13)CC2. The van der Waals surface area contributed by atoms with Gasteiger partial charge in [0.15, 0.2) is 0 Å². The van der Waals surface area contributed by atoms with E-state index in [2.05, 4.69) is 36.1 Å². The molecular weight excluding hydrogens is 183 g/mol. The monoisotopic (exact) mass is 195 g/mol. The van der Waals surface area contributed by atoms with Crippen molar-refractivity contribution < 1.29 is 0 Å². The van der Waals surface area contributed by atoms with Crippen molar-refractivity contribution in [3.8, 4) is 0 Å². The second kappa shape index (κ2) is 3.12. The third-order valence-corrected chi connectivity index (χ3v) is 4.34. The van der Waals surface area contributed by atoms with Crippen LogP contribution in [0.15, 0.2) is 30.3 Å². The first-order valence-electron chi connectivity index (χ1n) is 5.23. The summed E-state index contributed by atoms with van der Waals surface area (Å²) in [5, 5.41) is 3.02. The van der Waals surface area contributed by atoms with Crippen LogP contribution in [0.3, 0.4) is 0 Å². The summed E-state index contributed by atoms with van der Waals surface area (Å²) in [7, 11) is 0. The molecule has 0 fully saturated rings. The van der Waals surface area contributed by atoms with E-state index in [-0.39, 0.29) is 0 Å². The molecule has 2 aromatic rings. The number of aryl methyl sites for hydroxylation is 2. The smallest absolute Gasteiger partial charge is 0.116 e. The minimum Gasteiger partial charge on any atom is -0.116 e. The summed E-state index contributed by atoms with van der Waals surface area (Å²) in [6.45, 7) is 0. The van der Waals surface area contributed by atoms with Crippen molar-refractivity contribution in [2.24, 2.45) is 0 Å². The Morgan fingerprint density at radius 2 is 1.86 bits per heavy atom. The molecule has 0 heterocycles. The van der Waals surface area contributed by atoms with Crippen molar-refractivity contribution in [2.45, 2.75) is 18.6 Å². The van der Waals surface area contributed by atoms with Crippen molar-refractivity contribution in [3.63, 3.8) is 0 Å². The first kappa shape index (κ1) is 8.53. The van der Waals surface area contributed by atoms with E-state index in [1.165, 1.54) is 23.6 Å². The summed E-state index contributed by atoms with van der Waals surface area (Å²) < 4.78 is 1.60. The Morgan fingerprint density at radius 3 is 2.50 bits per heavy atom. The van der Waals surface area contributed by atoms with Gasteiger partial charge in [0.1, 0.15) is 0 Å². The molecule has 0 aromatic heterocycles. The fourth-order valence-electron chi connectivity index (χ4n) is 2.36. The molecule has 0 saturated carbocycles. The normalized spacial score (nSPS) is 13.5. The van der Waals surface area contributed by atoms with E-state index in [4.69, 9.17) is 0 Å². The molecule has 1 heteroatoms. The highest BCUT2D eigenvalue weighted by Gasteiger charge is 2.17. The Kier molecular flexibility index (Phi) is 1.90. The number of benzene rings is 2. The van der Waals surface area contributed by atoms with E-state index in [1.54, 1.807) is 15.6 Å². The van der Waals surface area contributed by atoms with Crippen molar-refractivity contribution in [2.75, 3.05) is 0 Å². The molecule has 0 unspecified atom stereocenters. The lowest BCUT2D eigenvalue weighted by molar-refractivity contribution is 0.853. The summed E-state index contributed by atoms with van der Waals surface area (Å²) in [6, 6.07) is 11.3. The Labute approximate surface area is 90.7 Å². The maximum atomic E-state index is 2.44. The molecule has 3 rings (SSSR count). The van der Waals surface area contributed by atoms with E-state index in [9.17, 15) is 0 Å². The lowest BCUT2D eigenvalue weighted by Gasteiger charge is -2.23. The summed E-state index contributed by atoms with van der Waals surface area (Å²) in [5.74, 6) is 2.33. The van der Waals surface area contributed by atoms with Crippen LogP contribution in [0.25, 0.3) is 10.8 Å². The number of hydrogen-bond donors (Lipinski definition) is 0. The van der Waals surface area contributed by atoms with Crippen LogP contribution in [0, 0.1) is 0 Å². The van der Waals surface area contributed by atoms with Gasteiger partial charge in [-0.15, -0.1) is 10.2 Å². The first-order valence-corrected chi connectivity index (χ1v) is 6.96. The molecular formula is C13H12Al. The van der Waals surface area contributed by atoms with E-state index in [0.29, 0.717) is 15.2 Å². The van der Waals surface area contributed by atoms with Gasteiger partial charge in [-0.2, -0.15) is 0 Å². The van der Waals surface area contributed by atoms with Gasteiger partial charge in [-0.3, -0.25) is 0 Å². The lowest BCUT2D eigenvalue weighted by atomic mass is 9.84. The van der Waals surface area contributed by atoms with Crippen LogP contribution in [0.4, 0.5) is 0 Å². The summed E-state index contributed by atoms with van der Waals surface area (Å²) >= 11 is 0.438. The topological polar surface area (TPSA) is 0 Å². The maximum Gasteiger partial charge on any atom is 0.248 e. The zero-order chi connectivity index (χ0) is 9.54. The Balaban J connectivity index is 2.44. The van der Waals surface area contributed by atoms with Gasteiger partial charge >= 0.3 is 0 Å². The van der Waals surface area contributed by atoms with Crippen molar-refractivity contribution >= 4 is 30.4 Å². The molecule has 0 bridgehead atoms. The predicted octanol–water partition coefficient (Wildman–Crippen LogP) is 2.32. The third kappa shape index (κ3) is 1.06. The molecule has 1 radical (unpaired) electrons. The molecule has 0 N–H and O–H groups in total. The Bertz CT molecular complexity index is 500. The van der Waals surface area contributed by atoms with Crippen LogP contribution in [-0.2, 0) is 12.8 Å². The van der Waals surface area contributed by atoms with Gasteiger partial charge in [0, 0.05) is 0 Å². The second-order valence-electron chi connectivity index (χ2n) is 3.94. The van der Waals surface area contributed by atoms with Crippen LogP contribution < -0.4 is 4.43 Å². The molecule has 1 aliphatic carbocycles. The van der Waals surface area contributed by atoms with Gasteiger partial charge in [-0.1, -0.05) is 30.3 Å². The molecule has 1 aliphatic rings. The molecule has 0 saturated heterocycles. The number of rotatable bonds is 1. The second-order valence-corrected chi connectivity index (χ2v) is 5.14. The fourth-order valence-corrected chi connectivity index (χ4v) is 3.29. The zero-order valence-electron chi connectivity index (χ0n) is 8.38. The molecule has 0 amide bonds. The first-order chi connectivity index (χ1) is 6.90. The van der Waals surface area contributed by atoms with Crippen molar-refractivity contribution in [1.29, 1.82) is 0 Å². The number of hydrogen-bond acceptors (Lipinski definition) is 0. The summed E-state index contributed by atoms with van der Waals surface area (Å²) in [5.41, 5.74) is 3.21. The molecule has 14 heavy (non-hydrogen) atoms. The highest BCUT2D eigenvalue weighted by atomic mass is 27.1. The highest BCUT2D eigenvalue weighted by Crippen LogP contribution is 2.29. The quantitative estimate of drug-likeness (QED) is 0.612. The predicted molar refractivity (Wildman–Crippen MR) is 62.6 cm³/mol. The molecule has 0 aliphatic heterocycles. The van der Waals surface area contributed by atoms with Crippen molar-refractivity contribution in [3.05, 3.63) is 41.5 Å². The van der Waals surface area contributed by atoms with Crippen molar-refractivity contribution in [1.82, 2.24) is 0 Å². The van der Waals surface area contributed by atoms with E-state index in [0.717, 1.165) is 0 Å². The Hall–Kier alpha value is -0.768. The standard InChI is InChI=1S/C12H9.CH3.Al/c1-2-4-11-9(3-1)5-6-10-7-8-12(10)11;;/h1-4,6H,7-8H2;1H3;. The van der Waals surface area contributed by atoms with Crippen LogP contribution >= 0.6 is 0 Å². The van der Waals surface area contributed by atoms with E-state index in [1.807, 2.05) is 0 Å². The van der Waals surface area contributed by atoms with Gasteiger partial charge in [0.25, 0.3) is 0 Å². The molecule has 0 nitrogen and oxygen atoms in total. The molecule has 2 aromatic carbocycles. The average molecular weight is 195 g/mol. The number of fused-ring (bicyclic) bond motifs is 3. The Morgan fingerprint density at radius 1 is 1.07 bits per heavy atom. The van der Waals surface area contributed by atoms with Crippen LogP contribution in [0.2, 0.25) is 5.79 Å². The van der Waals surface area contributed by atoms with Gasteiger partial charge < -0.3 is 0 Å². The van der Waals surface area contributed by atoms with Gasteiger partial charge in [-0.25, -0.2) is 0 Å². The molecule has 0 spiro atoms.